The van der Waals surface area contributed by atoms with Gasteiger partial charge >= 0.3 is 0 Å². The predicted octanol–water partition coefficient (Wildman–Crippen LogP) is 1.85. The zero-order valence-corrected chi connectivity index (χ0v) is 16.1. The van der Waals surface area contributed by atoms with Gasteiger partial charge in [0.15, 0.2) is 5.82 Å². The van der Waals surface area contributed by atoms with Crippen molar-refractivity contribution in [3.8, 4) is 11.4 Å². The first-order valence-corrected chi connectivity index (χ1v) is 10.4. The standard InChI is InChI=1S/C18H20N6O3S/c1-23-12-20-21-17(23)14-6-2-3-7-15(14)22-28(26,27)13-10-16(19-11-13)18(25)24-8-4-5-9-24/h2-3,6-7,10-12,19,22H,4-5,8-9H2,1H3. The van der Waals surface area contributed by atoms with Crippen molar-refractivity contribution in [3.63, 3.8) is 0 Å². The number of nitrogens with zero attached hydrogens (tertiary/aromatic N) is 4. The maximum Gasteiger partial charge on any atom is 0.270 e. The van der Waals surface area contributed by atoms with E-state index in [0.717, 1.165) is 12.8 Å². The number of carbonyl (C=O) groups excluding carboxylic acids is 1. The van der Waals surface area contributed by atoms with Crippen LogP contribution in [0.15, 0.2) is 47.8 Å². The zero-order valence-electron chi connectivity index (χ0n) is 15.3. The summed E-state index contributed by atoms with van der Waals surface area (Å²) in [5, 5.41) is 7.89. The van der Waals surface area contributed by atoms with Crippen molar-refractivity contribution in [2.45, 2.75) is 17.7 Å². The van der Waals surface area contributed by atoms with E-state index in [-0.39, 0.29) is 16.5 Å². The van der Waals surface area contributed by atoms with Gasteiger partial charge in [-0.05, 0) is 31.0 Å². The minimum Gasteiger partial charge on any atom is -0.356 e. The first kappa shape index (κ1) is 18.2. The summed E-state index contributed by atoms with van der Waals surface area (Å²) < 4.78 is 30.0. The topological polar surface area (TPSA) is 113 Å². The minimum absolute atomic E-state index is 0.00261. The van der Waals surface area contributed by atoms with Crippen molar-refractivity contribution < 1.29 is 13.2 Å². The Balaban J connectivity index is 1.61. The van der Waals surface area contributed by atoms with Crippen molar-refractivity contribution in [3.05, 3.63) is 48.5 Å². The minimum atomic E-state index is -3.89. The van der Waals surface area contributed by atoms with Gasteiger partial charge in [0.1, 0.15) is 16.9 Å². The van der Waals surface area contributed by atoms with E-state index >= 15 is 0 Å². The molecule has 4 rings (SSSR count). The van der Waals surface area contributed by atoms with Gasteiger partial charge in [0.25, 0.3) is 15.9 Å². The second kappa shape index (κ2) is 7.12. The van der Waals surface area contributed by atoms with E-state index in [2.05, 4.69) is 19.9 Å². The number of likely N-dealkylation sites (tertiary alicyclic amines) is 1. The van der Waals surface area contributed by atoms with Gasteiger partial charge < -0.3 is 14.5 Å². The molecule has 0 atom stereocenters. The first-order chi connectivity index (χ1) is 13.5. The fourth-order valence-corrected chi connectivity index (χ4v) is 4.31. The molecule has 9 nitrogen and oxygen atoms in total. The highest BCUT2D eigenvalue weighted by molar-refractivity contribution is 7.92. The Kier molecular flexibility index (Phi) is 4.63. The van der Waals surface area contributed by atoms with E-state index < -0.39 is 10.0 Å². The molecule has 1 aliphatic rings. The Bertz CT molecular complexity index is 1110. The summed E-state index contributed by atoms with van der Waals surface area (Å²) in [4.78, 5) is 17.0. The maximum atomic E-state index is 12.9. The van der Waals surface area contributed by atoms with Crippen LogP contribution in [-0.4, -0.2) is 52.1 Å². The van der Waals surface area contributed by atoms with Crippen LogP contribution in [0.25, 0.3) is 11.4 Å². The Morgan fingerprint density at radius 1 is 1.21 bits per heavy atom. The SMILES string of the molecule is Cn1cnnc1-c1ccccc1NS(=O)(=O)c1c[nH]c(C(=O)N2CCCC2)c1. The van der Waals surface area contributed by atoms with Crippen LogP contribution in [0.1, 0.15) is 23.3 Å². The fourth-order valence-electron chi connectivity index (χ4n) is 3.24. The molecule has 1 aliphatic heterocycles. The molecule has 1 fully saturated rings. The number of aryl methyl sites for hydroxylation is 1. The number of hydrogen-bond acceptors (Lipinski definition) is 5. The Morgan fingerprint density at radius 3 is 2.68 bits per heavy atom. The number of rotatable bonds is 5. The molecule has 0 bridgehead atoms. The summed E-state index contributed by atoms with van der Waals surface area (Å²) in [5.41, 5.74) is 1.26. The molecule has 0 spiro atoms. The Labute approximate surface area is 162 Å². The smallest absolute Gasteiger partial charge is 0.270 e. The molecule has 1 saturated heterocycles. The normalized spacial score (nSPS) is 14.4. The quantitative estimate of drug-likeness (QED) is 0.679. The van der Waals surface area contributed by atoms with Gasteiger partial charge in [-0.25, -0.2) is 8.42 Å². The van der Waals surface area contributed by atoms with E-state index in [1.165, 1.54) is 12.3 Å². The molecule has 10 heteroatoms. The van der Waals surface area contributed by atoms with E-state index in [1.807, 2.05) is 0 Å². The van der Waals surface area contributed by atoms with Gasteiger partial charge in [0.2, 0.25) is 0 Å². The molecular formula is C18H20N6O3S. The second-order valence-electron chi connectivity index (χ2n) is 6.66. The molecule has 2 N–H and O–H groups in total. The molecule has 28 heavy (non-hydrogen) atoms. The number of para-hydroxylation sites is 1. The van der Waals surface area contributed by atoms with E-state index in [9.17, 15) is 13.2 Å². The second-order valence-corrected chi connectivity index (χ2v) is 8.35. The number of nitrogens with one attached hydrogen (secondary N) is 2. The van der Waals surface area contributed by atoms with Crippen LogP contribution < -0.4 is 4.72 Å². The third-order valence-electron chi connectivity index (χ3n) is 4.71. The van der Waals surface area contributed by atoms with Crippen LogP contribution in [0.5, 0.6) is 0 Å². The molecule has 0 aliphatic carbocycles. The number of carbonyl (C=O) groups is 1. The molecule has 3 aromatic rings. The predicted molar refractivity (Wildman–Crippen MR) is 103 cm³/mol. The molecule has 3 heterocycles. The van der Waals surface area contributed by atoms with Crippen molar-refractivity contribution in [1.82, 2.24) is 24.6 Å². The van der Waals surface area contributed by atoms with E-state index in [0.29, 0.717) is 30.2 Å². The number of aromatic amines is 1. The lowest BCUT2D eigenvalue weighted by atomic mass is 10.2. The number of amides is 1. The molecule has 0 saturated carbocycles. The van der Waals surface area contributed by atoms with E-state index in [1.54, 1.807) is 47.1 Å². The molecule has 1 amide bonds. The van der Waals surface area contributed by atoms with Crippen LogP contribution in [-0.2, 0) is 17.1 Å². The summed E-state index contributed by atoms with van der Waals surface area (Å²) in [6.07, 6.45) is 4.82. The Hall–Kier alpha value is -3.14. The van der Waals surface area contributed by atoms with Crippen molar-refractivity contribution in [1.29, 1.82) is 0 Å². The molecule has 146 valence electrons. The Morgan fingerprint density at radius 2 is 1.96 bits per heavy atom. The molecule has 0 unspecified atom stereocenters. The highest BCUT2D eigenvalue weighted by Gasteiger charge is 2.24. The summed E-state index contributed by atoms with van der Waals surface area (Å²) >= 11 is 0. The summed E-state index contributed by atoms with van der Waals surface area (Å²) in [6.45, 7) is 1.40. The number of anilines is 1. The first-order valence-electron chi connectivity index (χ1n) is 8.89. The summed E-state index contributed by atoms with van der Waals surface area (Å²) in [5.74, 6) is 0.357. The van der Waals surface area contributed by atoms with Gasteiger partial charge in [-0.1, -0.05) is 12.1 Å². The number of hydrogen-bond donors (Lipinski definition) is 2. The molecular weight excluding hydrogens is 380 g/mol. The van der Waals surface area contributed by atoms with Gasteiger partial charge in [0, 0.05) is 31.9 Å². The monoisotopic (exact) mass is 400 g/mol. The van der Waals surface area contributed by atoms with Gasteiger partial charge in [0.05, 0.1) is 5.69 Å². The average Bonchev–Trinajstić information content (AvgIpc) is 3.43. The van der Waals surface area contributed by atoms with Gasteiger partial charge in [-0.15, -0.1) is 10.2 Å². The third-order valence-corrected chi connectivity index (χ3v) is 6.06. The van der Waals surface area contributed by atoms with Crippen molar-refractivity contribution in [2.75, 3.05) is 17.8 Å². The average molecular weight is 400 g/mol. The number of aromatic nitrogens is 4. The lowest BCUT2D eigenvalue weighted by Gasteiger charge is -2.13. The number of H-pyrrole nitrogens is 1. The number of benzene rings is 1. The molecule has 2 aromatic heterocycles. The van der Waals surface area contributed by atoms with Gasteiger partial charge in [-0.2, -0.15) is 0 Å². The maximum absolute atomic E-state index is 12.9. The molecule has 0 radical (unpaired) electrons. The van der Waals surface area contributed by atoms with Crippen LogP contribution in [0.4, 0.5) is 5.69 Å². The lowest BCUT2D eigenvalue weighted by Crippen LogP contribution is -2.27. The van der Waals surface area contributed by atoms with Crippen LogP contribution in [0.2, 0.25) is 0 Å². The van der Waals surface area contributed by atoms with Crippen LogP contribution in [0.3, 0.4) is 0 Å². The summed E-state index contributed by atoms with van der Waals surface area (Å²) in [6, 6.07) is 8.32. The lowest BCUT2D eigenvalue weighted by molar-refractivity contribution is 0.0787. The summed E-state index contributed by atoms with van der Waals surface area (Å²) in [7, 11) is -2.10. The van der Waals surface area contributed by atoms with Crippen molar-refractivity contribution >= 4 is 21.6 Å². The largest absolute Gasteiger partial charge is 0.356 e. The highest BCUT2D eigenvalue weighted by Crippen LogP contribution is 2.28. The van der Waals surface area contributed by atoms with Crippen molar-refractivity contribution in [2.24, 2.45) is 7.05 Å². The highest BCUT2D eigenvalue weighted by atomic mass is 32.2. The van der Waals surface area contributed by atoms with Gasteiger partial charge in [-0.3, -0.25) is 9.52 Å². The third kappa shape index (κ3) is 3.38. The number of sulfonamides is 1. The fraction of sp³-hybridized carbons (Fsp3) is 0.278. The zero-order chi connectivity index (χ0) is 19.7. The van der Waals surface area contributed by atoms with Crippen LogP contribution >= 0.6 is 0 Å². The van der Waals surface area contributed by atoms with Crippen LogP contribution in [0, 0.1) is 0 Å². The molecule has 1 aromatic carbocycles. The van der Waals surface area contributed by atoms with E-state index in [4.69, 9.17) is 0 Å².